The molecule has 0 saturated heterocycles. The highest BCUT2D eigenvalue weighted by atomic mass is 35.5. The minimum atomic E-state index is -0.707. The third-order valence-corrected chi connectivity index (χ3v) is 1.83. The van der Waals surface area contributed by atoms with E-state index in [2.05, 4.69) is 0 Å². The summed E-state index contributed by atoms with van der Waals surface area (Å²) in [6.07, 6.45) is -0.707. The molecule has 0 unspecified atom stereocenters. The van der Waals surface area contributed by atoms with E-state index in [0.717, 1.165) is 0 Å². The van der Waals surface area contributed by atoms with Crippen molar-refractivity contribution in [3.63, 3.8) is 0 Å². The predicted octanol–water partition coefficient (Wildman–Crippen LogP) is 1.37. The number of halogens is 1. The molecule has 1 aromatic rings. The Labute approximate surface area is 81.5 Å². The van der Waals surface area contributed by atoms with Crippen LogP contribution in [0.1, 0.15) is 0 Å². The predicted molar refractivity (Wildman–Crippen MR) is 50.3 cm³/mol. The lowest BCUT2D eigenvalue weighted by molar-refractivity contribution is 0.123. The van der Waals surface area contributed by atoms with Crippen LogP contribution in [0.3, 0.4) is 0 Å². The zero-order chi connectivity index (χ0) is 9.68. The molecule has 0 spiro atoms. The van der Waals surface area contributed by atoms with Crippen LogP contribution in [0.4, 0.5) is 0 Å². The zero-order valence-electron chi connectivity index (χ0n) is 6.98. The van der Waals surface area contributed by atoms with E-state index >= 15 is 0 Å². The van der Waals surface area contributed by atoms with Crippen LogP contribution in [-0.4, -0.2) is 28.8 Å². The van der Waals surface area contributed by atoms with Crippen LogP contribution in [0.25, 0.3) is 0 Å². The van der Waals surface area contributed by atoms with Crippen LogP contribution in [0.5, 0.6) is 11.5 Å². The van der Waals surface area contributed by atoms with Crippen molar-refractivity contribution in [2.24, 2.45) is 0 Å². The summed E-state index contributed by atoms with van der Waals surface area (Å²) < 4.78 is 5.10. The van der Waals surface area contributed by atoms with Crippen molar-refractivity contribution < 1.29 is 14.9 Å². The first-order valence-corrected chi connectivity index (χ1v) is 4.42. The van der Waals surface area contributed by atoms with Gasteiger partial charge in [-0.2, -0.15) is 0 Å². The highest BCUT2D eigenvalue weighted by Gasteiger charge is 2.05. The number of ether oxygens (including phenoxy) is 1. The molecule has 1 aromatic carbocycles. The van der Waals surface area contributed by atoms with Gasteiger partial charge in [0.05, 0.1) is 5.88 Å². The van der Waals surface area contributed by atoms with E-state index in [-0.39, 0.29) is 18.2 Å². The van der Waals surface area contributed by atoms with Crippen molar-refractivity contribution in [3.8, 4) is 11.5 Å². The highest BCUT2D eigenvalue weighted by molar-refractivity contribution is 6.18. The summed E-state index contributed by atoms with van der Waals surface area (Å²) in [5.74, 6) is 0.532. The third kappa shape index (κ3) is 3.13. The van der Waals surface area contributed by atoms with Gasteiger partial charge in [-0.05, 0) is 12.1 Å². The molecule has 72 valence electrons. The maximum absolute atomic E-state index is 9.26. The minimum absolute atomic E-state index is 0.0595. The summed E-state index contributed by atoms with van der Waals surface area (Å²) in [6.45, 7) is 0.0844. The summed E-state index contributed by atoms with van der Waals surface area (Å²) in [7, 11) is 0. The highest BCUT2D eigenvalue weighted by Crippen LogP contribution is 2.24. The van der Waals surface area contributed by atoms with Crippen LogP contribution in [0, 0.1) is 0 Å². The lowest BCUT2D eigenvalue weighted by Gasteiger charge is -2.10. The van der Waals surface area contributed by atoms with E-state index in [0.29, 0.717) is 5.75 Å². The Morgan fingerprint density at radius 2 is 2.08 bits per heavy atom. The Kier molecular flexibility index (Phi) is 3.86. The van der Waals surface area contributed by atoms with Gasteiger partial charge in [0.1, 0.15) is 12.7 Å². The Bertz CT molecular complexity index is 265. The number of aliphatic hydroxyl groups is 1. The van der Waals surface area contributed by atoms with E-state index in [1.54, 1.807) is 18.2 Å². The number of alkyl halides is 1. The molecule has 1 rings (SSSR count). The number of benzene rings is 1. The normalized spacial score (nSPS) is 12.5. The van der Waals surface area contributed by atoms with Gasteiger partial charge in [0, 0.05) is 0 Å². The number of phenols is 1. The molecule has 0 radical (unpaired) electrons. The van der Waals surface area contributed by atoms with Crippen molar-refractivity contribution in [3.05, 3.63) is 24.3 Å². The number of rotatable bonds is 4. The first kappa shape index (κ1) is 10.2. The fourth-order valence-electron chi connectivity index (χ4n) is 0.810. The zero-order valence-corrected chi connectivity index (χ0v) is 7.74. The monoisotopic (exact) mass is 202 g/mol. The Morgan fingerprint density at radius 3 is 2.69 bits per heavy atom. The molecule has 1 atom stereocenters. The molecule has 0 heterocycles. The second-order valence-corrected chi connectivity index (χ2v) is 2.90. The van der Waals surface area contributed by atoms with Gasteiger partial charge >= 0.3 is 0 Å². The first-order valence-electron chi connectivity index (χ1n) is 3.89. The molecule has 3 nitrogen and oxygen atoms in total. The Balaban J connectivity index is 2.50. The first-order chi connectivity index (χ1) is 6.24. The number of hydrogen-bond acceptors (Lipinski definition) is 3. The summed E-state index contributed by atoms with van der Waals surface area (Å²) in [5.41, 5.74) is 0. The SMILES string of the molecule is Oc1ccccc1OC[C@@H](O)CCl. The standard InChI is InChI=1S/C9H11ClO3/c10-5-7(11)6-13-9-4-2-1-3-8(9)12/h1-4,7,11-12H,5-6H2/t7-/m0/s1. The molecule has 0 bridgehead atoms. The van der Waals surface area contributed by atoms with Crippen LogP contribution >= 0.6 is 11.6 Å². The molecule has 0 amide bonds. The van der Waals surface area contributed by atoms with Crippen molar-refractivity contribution in [2.45, 2.75) is 6.10 Å². The van der Waals surface area contributed by atoms with Gasteiger partial charge < -0.3 is 14.9 Å². The van der Waals surface area contributed by atoms with Gasteiger partial charge in [-0.3, -0.25) is 0 Å². The van der Waals surface area contributed by atoms with Crippen LogP contribution < -0.4 is 4.74 Å². The van der Waals surface area contributed by atoms with E-state index in [4.69, 9.17) is 21.4 Å². The molecule has 2 N–H and O–H groups in total. The molecular formula is C9H11ClO3. The molecule has 0 aliphatic carbocycles. The van der Waals surface area contributed by atoms with Gasteiger partial charge in [0.25, 0.3) is 0 Å². The van der Waals surface area contributed by atoms with E-state index in [9.17, 15) is 5.11 Å². The molecule has 4 heteroatoms. The van der Waals surface area contributed by atoms with Crippen LogP contribution in [0.2, 0.25) is 0 Å². The molecule has 0 fully saturated rings. The summed E-state index contributed by atoms with van der Waals surface area (Å²) in [5, 5.41) is 18.3. The quantitative estimate of drug-likeness (QED) is 0.726. The van der Waals surface area contributed by atoms with Gasteiger partial charge in [-0.1, -0.05) is 12.1 Å². The van der Waals surface area contributed by atoms with Gasteiger partial charge in [0.15, 0.2) is 11.5 Å². The molecule has 0 aromatic heterocycles. The average molecular weight is 203 g/mol. The smallest absolute Gasteiger partial charge is 0.161 e. The van der Waals surface area contributed by atoms with Crippen molar-refractivity contribution in [1.29, 1.82) is 0 Å². The second-order valence-electron chi connectivity index (χ2n) is 2.59. The maximum Gasteiger partial charge on any atom is 0.161 e. The van der Waals surface area contributed by atoms with Crippen LogP contribution in [-0.2, 0) is 0 Å². The summed E-state index contributed by atoms with van der Waals surface area (Å²) >= 11 is 5.37. The van der Waals surface area contributed by atoms with E-state index in [1.165, 1.54) is 6.07 Å². The number of hydrogen-bond donors (Lipinski definition) is 2. The molecule has 0 saturated carbocycles. The average Bonchev–Trinajstić information content (AvgIpc) is 2.16. The largest absolute Gasteiger partial charge is 0.504 e. The van der Waals surface area contributed by atoms with Crippen molar-refractivity contribution in [1.82, 2.24) is 0 Å². The lowest BCUT2D eigenvalue weighted by Crippen LogP contribution is -2.18. The molecular weight excluding hydrogens is 192 g/mol. The summed E-state index contributed by atoms with van der Waals surface area (Å²) in [6, 6.07) is 6.57. The topological polar surface area (TPSA) is 49.7 Å². The maximum atomic E-state index is 9.26. The molecule has 0 aliphatic heterocycles. The number of aliphatic hydroxyl groups excluding tert-OH is 1. The Hall–Kier alpha value is -0.930. The molecule has 13 heavy (non-hydrogen) atoms. The fraction of sp³-hybridized carbons (Fsp3) is 0.333. The third-order valence-electron chi connectivity index (χ3n) is 1.47. The van der Waals surface area contributed by atoms with E-state index in [1.807, 2.05) is 0 Å². The van der Waals surface area contributed by atoms with Gasteiger partial charge in [-0.15, -0.1) is 11.6 Å². The van der Waals surface area contributed by atoms with Crippen molar-refractivity contribution in [2.75, 3.05) is 12.5 Å². The Morgan fingerprint density at radius 1 is 1.38 bits per heavy atom. The van der Waals surface area contributed by atoms with Gasteiger partial charge in [-0.25, -0.2) is 0 Å². The fourth-order valence-corrected chi connectivity index (χ4v) is 0.899. The number of phenolic OH excluding ortho intramolecular Hbond substituents is 1. The second kappa shape index (κ2) is 4.94. The van der Waals surface area contributed by atoms with Crippen molar-refractivity contribution >= 4 is 11.6 Å². The van der Waals surface area contributed by atoms with E-state index < -0.39 is 6.10 Å². The number of aromatic hydroxyl groups is 1. The number of para-hydroxylation sites is 2. The molecule has 0 aliphatic rings. The summed E-state index contributed by atoms with van der Waals surface area (Å²) in [4.78, 5) is 0. The minimum Gasteiger partial charge on any atom is -0.504 e. The van der Waals surface area contributed by atoms with Gasteiger partial charge in [0.2, 0.25) is 0 Å². The lowest BCUT2D eigenvalue weighted by atomic mass is 10.3. The van der Waals surface area contributed by atoms with Crippen LogP contribution in [0.15, 0.2) is 24.3 Å².